The highest BCUT2D eigenvalue weighted by atomic mass is 35.5. The van der Waals surface area contributed by atoms with Gasteiger partial charge in [0.25, 0.3) is 5.91 Å². The molecule has 0 unspecified atom stereocenters. The molecule has 110 valence electrons. The summed E-state index contributed by atoms with van der Waals surface area (Å²) >= 11 is 5.79. The van der Waals surface area contributed by atoms with Gasteiger partial charge in [-0.25, -0.2) is 0 Å². The quantitative estimate of drug-likeness (QED) is 0.685. The molecule has 0 radical (unpaired) electrons. The first-order valence-corrected chi connectivity index (χ1v) is 7.08. The molecule has 0 saturated carbocycles. The molecule has 0 bridgehead atoms. The van der Waals surface area contributed by atoms with Crippen LogP contribution in [0.4, 0.5) is 5.69 Å². The zero-order valence-corrected chi connectivity index (χ0v) is 12.6. The average molecular weight is 305 g/mol. The molecule has 1 aliphatic rings. The maximum absolute atomic E-state index is 12.1. The first-order chi connectivity index (χ1) is 10.1. The summed E-state index contributed by atoms with van der Waals surface area (Å²) in [5.74, 6) is -0.404. The third kappa shape index (κ3) is 4.48. The van der Waals surface area contributed by atoms with Crippen LogP contribution < -0.4 is 5.32 Å². The first-order valence-electron chi connectivity index (χ1n) is 6.70. The van der Waals surface area contributed by atoms with Crippen molar-refractivity contribution in [3.05, 3.63) is 41.1 Å². The van der Waals surface area contributed by atoms with E-state index in [0.29, 0.717) is 10.7 Å². The molecule has 1 heterocycles. The Morgan fingerprint density at radius 2 is 1.90 bits per heavy atom. The fraction of sp³-hybridized carbons (Fsp3) is 0.333. The number of nitrogens with zero attached hydrogens (tertiary/aromatic N) is 3. The highest BCUT2D eigenvalue weighted by Gasteiger charge is 2.15. The Bertz CT molecular complexity index is 568. The number of rotatable bonds is 3. The SMILES string of the molecule is CN1CCN(/C=C(/C#N)C(=O)Nc2ccc(Cl)cc2)CC1. The predicted molar refractivity (Wildman–Crippen MR) is 82.8 cm³/mol. The van der Waals surface area contributed by atoms with E-state index >= 15 is 0 Å². The van der Waals surface area contributed by atoms with Crippen LogP contribution in [0.5, 0.6) is 0 Å². The topological polar surface area (TPSA) is 59.4 Å². The number of halogens is 1. The van der Waals surface area contributed by atoms with Gasteiger partial charge < -0.3 is 15.1 Å². The molecule has 1 aromatic rings. The Balaban J connectivity index is 2.01. The van der Waals surface area contributed by atoms with E-state index < -0.39 is 5.91 Å². The summed E-state index contributed by atoms with van der Waals surface area (Å²) in [6.45, 7) is 3.48. The third-order valence-electron chi connectivity index (χ3n) is 3.32. The van der Waals surface area contributed by atoms with Crippen LogP contribution in [0.2, 0.25) is 5.02 Å². The van der Waals surface area contributed by atoms with Crippen LogP contribution in [0.3, 0.4) is 0 Å². The van der Waals surface area contributed by atoms with Crippen molar-refractivity contribution in [2.45, 2.75) is 0 Å². The first kappa shape index (κ1) is 15.4. The highest BCUT2D eigenvalue weighted by molar-refractivity contribution is 6.30. The van der Waals surface area contributed by atoms with E-state index in [0.717, 1.165) is 26.2 Å². The molecule has 0 atom stereocenters. The molecule has 0 aliphatic carbocycles. The number of likely N-dealkylation sites (N-methyl/N-ethyl adjacent to an activating group) is 1. The lowest BCUT2D eigenvalue weighted by Gasteiger charge is -2.31. The highest BCUT2D eigenvalue weighted by Crippen LogP contribution is 2.14. The molecule has 0 aromatic heterocycles. The average Bonchev–Trinajstić information content (AvgIpc) is 2.49. The molecule has 1 fully saturated rings. The van der Waals surface area contributed by atoms with Crippen LogP contribution in [-0.4, -0.2) is 48.9 Å². The van der Waals surface area contributed by atoms with Gasteiger partial charge in [0, 0.05) is 43.1 Å². The van der Waals surface area contributed by atoms with Gasteiger partial charge in [-0.15, -0.1) is 0 Å². The Labute approximate surface area is 129 Å². The monoisotopic (exact) mass is 304 g/mol. The standard InChI is InChI=1S/C15H17ClN4O/c1-19-6-8-20(9-7-19)11-12(10-17)15(21)18-14-4-2-13(16)3-5-14/h2-5,11H,6-9H2,1H3,(H,18,21)/b12-11-. The van der Waals surface area contributed by atoms with E-state index in [-0.39, 0.29) is 5.57 Å². The minimum absolute atomic E-state index is 0.106. The van der Waals surface area contributed by atoms with Gasteiger partial charge in [0.15, 0.2) is 0 Å². The summed E-state index contributed by atoms with van der Waals surface area (Å²) in [4.78, 5) is 16.3. The van der Waals surface area contributed by atoms with Gasteiger partial charge in [0.1, 0.15) is 11.6 Å². The zero-order chi connectivity index (χ0) is 15.2. The molecule has 21 heavy (non-hydrogen) atoms. The number of nitriles is 1. The van der Waals surface area contributed by atoms with Gasteiger partial charge >= 0.3 is 0 Å². The maximum Gasteiger partial charge on any atom is 0.267 e. The van der Waals surface area contributed by atoms with Gasteiger partial charge in [-0.1, -0.05) is 11.6 Å². The van der Waals surface area contributed by atoms with E-state index in [2.05, 4.69) is 17.3 Å². The molecular formula is C15H17ClN4O. The Kier molecular flexibility index (Phi) is 5.20. The summed E-state index contributed by atoms with van der Waals surface area (Å²) in [5.41, 5.74) is 0.721. The Hall–Kier alpha value is -2.03. The van der Waals surface area contributed by atoms with Crippen molar-refractivity contribution >= 4 is 23.2 Å². The number of carbonyl (C=O) groups excluding carboxylic acids is 1. The van der Waals surface area contributed by atoms with E-state index in [1.165, 1.54) is 0 Å². The molecule has 1 aromatic carbocycles. The Morgan fingerprint density at radius 1 is 1.29 bits per heavy atom. The van der Waals surface area contributed by atoms with Gasteiger partial charge in [0.05, 0.1) is 0 Å². The van der Waals surface area contributed by atoms with Crippen molar-refractivity contribution in [1.82, 2.24) is 9.80 Å². The predicted octanol–water partition coefficient (Wildman–Crippen LogP) is 1.93. The summed E-state index contributed by atoms with van der Waals surface area (Å²) in [7, 11) is 2.06. The fourth-order valence-electron chi connectivity index (χ4n) is 2.00. The number of nitrogens with one attached hydrogen (secondary N) is 1. The van der Waals surface area contributed by atoms with Crippen LogP contribution in [0, 0.1) is 11.3 Å². The fourth-order valence-corrected chi connectivity index (χ4v) is 2.13. The van der Waals surface area contributed by atoms with Crippen LogP contribution in [0.15, 0.2) is 36.0 Å². The van der Waals surface area contributed by atoms with E-state index in [9.17, 15) is 4.79 Å². The molecule has 2 rings (SSSR count). The second kappa shape index (κ2) is 7.11. The molecular weight excluding hydrogens is 288 g/mol. The van der Waals surface area contributed by atoms with Crippen molar-refractivity contribution in [3.8, 4) is 6.07 Å². The van der Waals surface area contributed by atoms with E-state index in [1.807, 2.05) is 11.0 Å². The van der Waals surface area contributed by atoms with Gasteiger partial charge in [-0.2, -0.15) is 5.26 Å². The summed E-state index contributed by atoms with van der Waals surface area (Å²) < 4.78 is 0. The molecule has 0 spiro atoms. The lowest BCUT2D eigenvalue weighted by atomic mass is 10.2. The van der Waals surface area contributed by atoms with Gasteiger partial charge in [-0.3, -0.25) is 4.79 Å². The summed E-state index contributed by atoms with van der Waals surface area (Å²) in [6, 6.07) is 8.73. The van der Waals surface area contributed by atoms with Crippen LogP contribution in [0.1, 0.15) is 0 Å². The number of carbonyl (C=O) groups is 1. The normalized spacial score (nSPS) is 16.4. The second-order valence-corrected chi connectivity index (χ2v) is 5.39. The van der Waals surface area contributed by atoms with Crippen molar-refractivity contribution in [3.63, 3.8) is 0 Å². The molecule has 1 aliphatic heterocycles. The van der Waals surface area contributed by atoms with Crippen molar-refractivity contribution in [2.75, 3.05) is 38.5 Å². The number of hydrogen-bond acceptors (Lipinski definition) is 4. The molecule has 1 amide bonds. The number of benzene rings is 1. The van der Waals surface area contributed by atoms with E-state index in [4.69, 9.17) is 16.9 Å². The molecule has 1 N–H and O–H groups in total. The summed E-state index contributed by atoms with van der Waals surface area (Å²) in [6.07, 6.45) is 1.64. The van der Waals surface area contributed by atoms with Crippen LogP contribution >= 0.6 is 11.6 Å². The van der Waals surface area contributed by atoms with Gasteiger partial charge in [-0.05, 0) is 31.3 Å². The van der Waals surface area contributed by atoms with Crippen molar-refractivity contribution in [2.24, 2.45) is 0 Å². The van der Waals surface area contributed by atoms with E-state index in [1.54, 1.807) is 30.5 Å². The van der Waals surface area contributed by atoms with Crippen LogP contribution in [0.25, 0.3) is 0 Å². The number of anilines is 1. The molecule has 6 heteroatoms. The molecule has 1 saturated heterocycles. The van der Waals surface area contributed by atoms with Crippen molar-refractivity contribution < 1.29 is 4.79 Å². The van der Waals surface area contributed by atoms with Gasteiger partial charge in [0.2, 0.25) is 0 Å². The zero-order valence-electron chi connectivity index (χ0n) is 11.8. The van der Waals surface area contributed by atoms with Crippen molar-refractivity contribution in [1.29, 1.82) is 5.26 Å². The number of piperazine rings is 1. The lowest BCUT2D eigenvalue weighted by molar-refractivity contribution is -0.112. The smallest absolute Gasteiger partial charge is 0.267 e. The minimum atomic E-state index is -0.404. The summed E-state index contributed by atoms with van der Waals surface area (Å²) in [5, 5.41) is 12.5. The minimum Gasteiger partial charge on any atom is -0.374 e. The largest absolute Gasteiger partial charge is 0.374 e. The second-order valence-electron chi connectivity index (χ2n) is 4.95. The Morgan fingerprint density at radius 3 is 2.48 bits per heavy atom. The number of amides is 1. The third-order valence-corrected chi connectivity index (χ3v) is 3.57. The maximum atomic E-state index is 12.1. The number of hydrogen-bond donors (Lipinski definition) is 1. The van der Waals surface area contributed by atoms with Crippen LogP contribution in [-0.2, 0) is 4.79 Å². The molecule has 5 nitrogen and oxygen atoms in total. The lowest BCUT2D eigenvalue weighted by Crippen LogP contribution is -2.42.